The van der Waals surface area contributed by atoms with E-state index in [1.54, 1.807) is 0 Å². The van der Waals surface area contributed by atoms with Gasteiger partial charge in [-0.3, -0.25) is 0 Å². The highest BCUT2D eigenvalue weighted by Crippen LogP contribution is 2.17. The molecule has 0 amide bonds. The van der Waals surface area contributed by atoms with Crippen LogP contribution in [0.5, 0.6) is 0 Å². The Labute approximate surface area is 115 Å². The Balaban J connectivity index is 1.77. The molecule has 0 aliphatic heterocycles. The predicted molar refractivity (Wildman–Crippen MR) is 79.0 cm³/mol. The minimum absolute atomic E-state index is 0.475. The van der Waals surface area contributed by atoms with E-state index in [0.29, 0.717) is 6.04 Å². The molecule has 0 saturated heterocycles. The van der Waals surface area contributed by atoms with Gasteiger partial charge in [0.15, 0.2) is 0 Å². The SMILES string of the molecule is CCCC(NCCCc1ncc[nH]1)c1ccccc1. The van der Waals surface area contributed by atoms with Gasteiger partial charge in [-0.2, -0.15) is 0 Å². The Kier molecular flexibility index (Phi) is 5.63. The number of nitrogens with zero attached hydrogens (tertiary/aromatic N) is 1. The molecule has 2 aromatic rings. The van der Waals surface area contributed by atoms with Crippen molar-refractivity contribution in [3.8, 4) is 0 Å². The molecule has 1 aromatic heterocycles. The molecule has 3 nitrogen and oxygen atoms in total. The highest BCUT2D eigenvalue weighted by atomic mass is 14.9. The Morgan fingerprint density at radius 1 is 1.26 bits per heavy atom. The van der Waals surface area contributed by atoms with Gasteiger partial charge in [0.2, 0.25) is 0 Å². The van der Waals surface area contributed by atoms with Crippen molar-refractivity contribution in [1.29, 1.82) is 0 Å². The molecule has 0 bridgehead atoms. The van der Waals surface area contributed by atoms with Crippen molar-refractivity contribution in [3.05, 3.63) is 54.1 Å². The smallest absolute Gasteiger partial charge is 0.106 e. The topological polar surface area (TPSA) is 40.7 Å². The molecular formula is C16H23N3. The summed E-state index contributed by atoms with van der Waals surface area (Å²) in [5.74, 6) is 1.08. The lowest BCUT2D eigenvalue weighted by atomic mass is 10.0. The molecule has 1 heterocycles. The molecule has 1 atom stereocenters. The summed E-state index contributed by atoms with van der Waals surface area (Å²) in [6.45, 7) is 3.26. The highest BCUT2D eigenvalue weighted by Gasteiger charge is 2.08. The van der Waals surface area contributed by atoms with Crippen molar-refractivity contribution in [1.82, 2.24) is 15.3 Å². The van der Waals surface area contributed by atoms with Crippen molar-refractivity contribution < 1.29 is 0 Å². The molecule has 2 N–H and O–H groups in total. The van der Waals surface area contributed by atoms with Crippen LogP contribution < -0.4 is 5.32 Å². The maximum absolute atomic E-state index is 4.24. The number of hydrogen-bond donors (Lipinski definition) is 2. The average Bonchev–Trinajstić information content (AvgIpc) is 2.96. The number of aromatic nitrogens is 2. The predicted octanol–water partition coefficient (Wildman–Crippen LogP) is 3.47. The van der Waals surface area contributed by atoms with Gasteiger partial charge >= 0.3 is 0 Å². The van der Waals surface area contributed by atoms with E-state index in [0.717, 1.165) is 25.2 Å². The third-order valence-corrected chi connectivity index (χ3v) is 3.32. The second-order valence-electron chi connectivity index (χ2n) is 4.85. The molecule has 1 unspecified atom stereocenters. The molecule has 1 aromatic carbocycles. The number of aromatic amines is 1. The van der Waals surface area contributed by atoms with Crippen LogP contribution in [0, 0.1) is 0 Å². The van der Waals surface area contributed by atoms with Gasteiger partial charge in [0.1, 0.15) is 5.82 Å². The quantitative estimate of drug-likeness (QED) is 0.711. The Morgan fingerprint density at radius 2 is 2.11 bits per heavy atom. The van der Waals surface area contributed by atoms with E-state index in [1.807, 2.05) is 12.4 Å². The van der Waals surface area contributed by atoms with Crippen LogP contribution >= 0.6 is 0 Å². The normalized spacial score (nSPS) is 12.5. The summed E-state index contributed by atoms with van der Waals surface area (Å²) >= 11 is 0. The van der Waals surface area contributed by atoms with E-state index < -0.39 is 0 Å². The van der Waals surface area contributed by atoms with E-state index in [9.17, 15) is 0 Å². The van der Waals surface area contributed by atoms with Gasteiger partial charge in [-0.15, -0.1) is 0 Å². The lowest BCUT2D eigenvalue weighted by molar-refractivity contribution is 0.486. The first-order valence-corrected chi connectivity index (χ1v) is 7.16. The first kappa shape index (κ1) is 13.8. The Bertz CT molecular complexity index is 436. The zero-order chi connectivity index (χ0) is 13.3. The lowest BCUT2D eigenvalue weighted by Gasteiger charge is -2.18. The van der Waals surface area contributed by atoms with Crippen LogP contribution in [-0.2, 0) is 6.42 Å². The summed E-state index contributed by atoms with van der Waals surface area (Å²) in [6, 6.07) is 11.2. The third-order valence-electron chi connectivity index (χ3n) is 3.32. The van der Waals surface area contributed by atoms with Gasteiger partial charge in [-0.05, 0) is 24.9 Å². The minimum Gasteiger partial charge on any atom is -0.349 e. The fourth-order valence-corrected chi connectivity index (χ4v) is 2.33. The molecular weight excluding hydrogens is 234 g/mol. The van der Waals surface area contributed by atoms with Crippen molar-refractivity contribution in [2.24, 2.45) is 0 Å². The van der Waals surface area contributed by atoms with Crippen LogP contribution in [0.25, 0.3) is 0 Å². The molecule has 3 heteroatoms. The zero-order valence-corrected chi connectivity index (χ0v) is 11.6. The number of imidazole rings is 1. The van der Waals surface area contributed by atoms with Crippen molar-refractivity contribution in [2.45, 2.75) is 38.6 Å². The monoisotopic (exact) mass is 257 g/mol. The molecule has 102 valence electrons. The second-order valence-corrected chi connectivity index (χ2v) is 4.85. The van der Waals surface area contributed by atoms with E-state index in [4.69, 9.17) is 0 Å². The van der Waals surface area contributed by atoms with E-state index >= 15 is 0 Å². The van der Waals surface area contributed by atoms with Gasteiger partial charge in [0.05, 0.1) is 0 Å². The Morgan fingerprint density at radius 3 is 2.79 bits per heavy atom. The summed E-state index contributed by atoms with van der Waals surface area (Å²) in [4.78, 5) is 7.39. The van der Waals surface area contributed by atoms with Gasteiger partial charge in [-0.25, -0.2) is 4.98 Å². The van der Waals surface area contributed by atoms with E-state index in [-0.39, 0.29) is 0 Å². The van der Waals surface area contributed by atoms with Gasteiger partial charge in [0, 0.05) is 24.9 Å². The number of nitrogens with one attached hydrogen (secondary N) is 2. The van der Waals surface area contributed by atoms with Crippen LogP contribution in [0.3, 0.4) is 0 Å². The number of aryl methyl sites for hydroxylation is 1. The molecule has 0 aliphatic carbocycles. The van der Waals surface area contributed by atoms with E-state index in [2.05, 4.69) is 52.5 Å². The first-order chi connectivity index (χ1) is 9.40. The second kappa shape index (κ2) is 7.74. The number of H-pyrrole nitrogens is 1. The molecule has 0 radical (unpaired) electrons. The van der Waals surface area contributed by atoms with Gasteiger partial charge in [0.25, 0.3) is 0 Å². The Hall–Kier alpha value is -1.61. The zero-order valence-electron chi connectivity index (χ0n) is 11.6. The molecule has 0 saturated carbocycles. The molecule has 0 fully saturated rings. The van der Waals surface area contributed by atoms with Gasteiger partial charge in [-0.1, -0.05) is 43.7 Å². The van der Waals surface area contributed by atoms with Crippen LogP contribution in [0.4, 0.5) is 0 Å². The molecule has 0 aliphatic rings. The number of benzene rings is 1. The largest absolute Gasteiger partial charge is 0.349 e. The highest BCUT2D eigenvalue weighted by molar-refractivity contribution is 5.18. The molecule has 19 heavy (non-hydrogen) atoms. The summed E-state index contributed by atoms with van der Waals surface area (Å²) in [7, 11) is 0. The molecule has 2 rings (SSSR count). The molecule has 0 spiro atoms. The summed E-state index contributed by atoms with van der Waals surface area (Å²) in [6.07, 6.45) is 8.20. The van der Waals surface area contributed by atoms with Crippen molar-refractivity contribution >= 4 is 0 Å². The standard InChI is InChI=1S/C16H23N3/c1-2-7-15(14-8-4-3-5-9-14)17-11-6-10-16-18-12-13-19-16/h3-5,8-9,12-13,15,17H,2,6-7,10-11H2,1H3,(H,18,19). The fraction of sp³-hybridized carbons (Fsp3) is 0.438. The van der Waals surface area contributed by atoms with Crippen molar-refractivity contribution in [3.63, 3.8) is 0 Å². The van der Waals surface area contributed by atoms with Crippen LogP contribution in [0.1, 0.15) is 43.6 Å². The third kappa shape index (κ3) is 4.52. The van der Waals surface area contributed by atoms with E-state index in [1.165, 1.54) is 18.4 Å². The number of rotatable bonds is 8. The first-order valence-electron chi connectivity index (χ1n) is 7.16. The average molecular weight is 257 g/mol. The summed E-state index contributed by atoms with van der Waals surface area (Å²) in [5, 5.41) is 3.66. The van der Waals surface area contributed by atoms with Crippen LogP contribution in [0.15, 0.2) is 42.7 Å². The summed E-state index contributed by atoms with van der Waals surface area (Å²) in [5.41, 5.74) is 1.39. The van der Waals surface area contributed by atoms with Crippen molar-refractivity contribution in [2.75, 3.05) is 6.54 Å². The lowest BCUT2D eigenvalue weighted by Crippen LogP contribution is -2.22. The fourth-order valence-electron chi connectivity index (χ4n) is 2.33. The van der Waals surface area contributed by atoms with Crippen LogP contribution in [-0.4, -0.2) is 16.5 Å². The van der Waals surface area contributed by atoms with Crippen LogP contribution in [0.2, 0.25) is 0 Å². The van der Waals surface area contributed by atoms with Gasteiger partial charge < -0.3 is 10.3 Å². The number of hydrogen-bond acceptors (Lipinski definition) is 2. The summed E-state index contributed by atoms with van der Waals surface area (Å²) < 4.78 is 0. The minimum atomic E-state index is 0.475. The maximum atomic E-state index is 4.24. The maximum Gasteiger partial charge on any atom is 0.106 e.